The number of nitrogens with zero attached hydrogens (tertiary/aromatic N) is 3. The molecular formula is C62H55N3O4. The van der Waals surface area contributed by atoms with E-state index >= 15 is 0 Å². The molecule has 2 aromatic heterocycles. The van der Waals surface area contributed by atoms with Crippen LogP contribution in [0.3, 0.4) is 0 Å². The molecule has 0 spiro atoms. The lowest BCUT2D eigenvalue weighted by Gasteiger charge is -2.28. The van der Waals surface area contributed by atoms with Crippen LogP contribution in [0.15, 0.2) is 124 Å². The molecule has 0 fully saturated rings. The highest BCUT2D eigenvalue weighted by Gasteiger charge is 2.27. The summed E-state index contributed by atoms with van der Waals surface area (Å²) in [6.07, 6.45) is 0. The molecule has 0 saturated heterocycles. The van der Waals surface area contributed by atoms with Crippen molar-refractivity contribution in [2.45, 2.75) is 83.1 Å². The fourth-order valence-electron chi connectivity index (χ4n) is 10.5. The van der Waals surface area contributed by atoms with Crippen molar-refractivity contribution in [3.8, 4) is 0 Å². The van der Waals surface area contributed by atoms with Crippen LogP contribution in [0, 0.1) is 93.2 Å². The van der Waals surface area contributed by atoms with Gasteiger partial charge in [0.2, 0.25) is 5.58 Å². The summed E-state index contributed by atoms with van der Waals surface area (Å²) >= 11 is 0. The number of fused-ring (bicyclic) bond motifs is 9. The number of aryl methyl sites for hydroxylation is 8. The van der Waals surface area contributed by atoms with Crippen LogP contribution in [0.5, 0.6) is 0 Å². The molecule has 9 aromatic carbocycles. The van der Waals surface area contributed by atoms with E-state index in [2.05, 4.69) is 196 Å². The fraction of sp³-hybridized carbons (Fsp3) is 0.194. The molecule has 2 heterocycles. The molecule has 0 amide bonds. The second kappa shape index (κ2) is 15.8. The van der Waals surface area contributed by atoms with E-state index in [0.717, 1.165) is 66.4 Å². The maximum Gasteiger partial charge on any atom is 0.313 e. The number of non-ortho nitro benzene ring substituents is 1. The number of nitro benzene ring substituents is 1. The average molecular weight is 906 g/mol. The molecule has 0 N–H and O–H groups in total. The van der Waals surface area contributed by atoms with Gasteiger partial charge in [-0.05, 0) is 268 Å². The summed E-state index contributed by atoms with van der Waals surface area (Å²) in [5.41, 5.74) is 23.3. The zero-order valence-electron chi connectivity index (χ0n) is 41.4. The zero-order chi connectivity index (χ0) is 48.5. The molecule has 11 rings (SSSR count). The lowest BCUT2D eigenvalue weighted by molar-refractivity contribution is -0.383. The van der Waals surface area contributed by atoms with Crippen molar-refractivity contribution in [1.29, 1.82) is 0 Å². The van der Waals surface area contributed by atoms with Crippen molar-refractivity contribution in [2.75, 3.05) is 9.80 Å². The van der Waals surface area contributed by atoms with E-state index in [4.69, 9.17) is 8.83 Å². The number of anilines is 6. The Morgan fingerprint density at radius 2 is 0.710 bits per heavy atom. The lowest BCUT2D eigenvalue weighted by Crippen LogP contribution is -2.12. The van der Waals surface area contributed by atoms with Gasteiger partial charge in [0.05, 0.1) is 10.3 Å². The van der Waals surface area contributed by atoms with Crippen LogP contribution >= 0.6 is 0 Å². The molecule has 0 aliphatic carbocycles. The first-order valence-electron chi connectivity index (χ1n) is 23.7. The number of rotatable bonds is 7. The van der Waals surface area contributed by atoms with E-state index < -0.39 is 0 Å². The minimum Gasteiger partial charge on any atom is -0.455 e. The third-order valence-electron chi connectivity index (χ3n) is 15.4. The Bertz CT molecular complexity index is 3830. The summed E-state index contributed by atoms with van der Waals surface area (Å²) in [7, 11) is 0. The Hall–Kier alpha value is -7.90. The predicted octanol–water partition coefficient (Wildman–Crippen LogP) is 18.3. The first-order valence-corrected chi connectivity index (χ1v) is 23.7. The second-order valence-electron chi connectivity index (χ2n) is 19.7. The van der Waals surface area contributed by atoms with E-state index in [1.54, 1.807) is 6.07 Å². The molecule has 7 heteroatoms. The maximum atomic E-state index is 12.9. The maximum absolute atomic E-state index is 12.9. The van der Waals surface area contributed by atoms with Crippen LogP contribution in [-0.4, -0.2) is 4.92 Å². The molecule has 0 atom stereocenters. The van der Waals surface area contributed by atoms with Crippen LogP contribution in [0.2, 0.25) is 0 Å². The van der Waals surface area contributed by atoms with E-state index in [-0.39, 0.29) is 16.2 Å². The van der Waals surface area contributed by atoms with Crippen LogP contribution in [0.25, 0.3) is 65.4 Å². The molecule has 0 saturated carbocycles. The summed E-state index contributed by atoms with van der Waals surface area (Å²) in [4.78, 5) is 17.2. The molecule has 7 nitrogen and oxygen atoms in total. The highest BCUT2D eigenvalue weighted by molar-refractivity contribution is 6.26. The van der Waals surface area contributed by atoms with Crippen LogP contribution in [-0.2, 0) is 0 Å². The molecule has 0 unspecified atom stereocenters. The Morgan fingerprint density at radius 3 is 1.09 bits per heavy atom. The van der Waals surface area contributed by atoms with Gasteiger partial charge >= 0.3 is 5.69 Å². The van der Waals surface area contributed by atoms with E-state index in [1.165, 1.54) is 66.8 Å². The van der Waals surface area contributed by atoms with E-state index in [9.17, 15) is 10.1 Å². The van der Waals surface area contributed by atoms with Gasteiger partial charge in [-0.25, -0.2) is 0 Å². The van der Waals surface area contributed by atoms with Crippen molar-refractivity contribution in [1.82, 2.24) is 0 Å². The van der Waals surface area contributed by atoms with Gasteiger partial charge in [0.1, 0.15) is 16.7 Å². The molecule has 69 heavy (non-hydrogen) atoms. The molecule has 342 valence electrons. The fourth-order valence-corrected chi connectivity index (χ4v) is 10.5. The molecular weight excluding hydrogens is 851 g/mol. The Kier molecular flexibility index (Phi) is 10.0. The summed E-state index contributed by atoms with van der Waals surface area (Å²) in [5.74, 6) is 0. The van der Waals surface area contributed by atoms with Gasteiger partial charge < -0.3 is 18.6 Å². The molecule has 0 aliphatic heterocycles. The summed E-state index contributed by atoms with van der Waals surface area (Å²) < 4.78 is 13.4. The van der Waals surface area contributed by atoms with Crippen molar-refractivity contribution in [3.63, 3.8) is 0 Å². The van der Waals surface area contributed by atoms with E-state index in [0.29, 0.717) is 27.5 Å². The first kappa shape index (κ1) is 43.7. The van der Waals surface area contributed by atoms with Gasteiger partial charge in [0.25, 0.3) is 0 Å². The van der Waals surface area contributed by atoms with Crippen LogP contribution in [0.4, 0.5) is 39.8 Å². The minimum atomic E-state index is -0.347. The van der Waals surface area contributed by atoms with Gasteiger partial charge in [-0.15, -0.1) is 0 Å². The zero-order valence-corrected chi connectivity index (χ0v) is 41.4. The average Bonchev–Trinajstić information content (AvgIpc) is 3.86. The third-order valence-corrected chi connectivity index (χ3v) is 15.4. The first-order chi connectivity index (χ1) is 32.9. The summed E-state index contributed by atoms with van der Waals surface area (Å²) in [5, 5.41) is 19.7. The monoisotopic (exact) mass is 905 g/mol. The Labute approximate surface area is 402 Å². The standard InChI is InChI=1S/C62H55N3O4/c1-32-17-50(18-33(2)40(32)9)63(51-19-34(3)41(10)35(4)20-51)48-15-13-44-27-54-55-31-57(65(66)67)62-60(61(55)68-58(54)29-46(44)25-48)56-28-45-14-16-49(26-47(45)30-59(56)69-62)64(52-21-36(5)42(11)37(6)22-52)53-23-38(7)43(12)39(8)24-53/h13-31H,1-12H3. The predicted molar refractivity (Wildman–Crippen MR) is 289 cm³/mol. The molecule has 11 aromatic rings. The quantitative estimate of drug-likeness (QED) is 0.117. The molecule has 0 aliphatic rings. The van der Waals surface area contributed by atoms with Crippen LogP contribution < -0.4 is 9.80 Å². The van der Waals surface area contributed by atoms with Gasteiger partial charge in [-0.3, -0.25) is 10.1 Å². The normalized spacial score (nSPS) is 11.9. The number of furan rings is 2. The number of nitro groups is 1. The van der Waals surface area contributed by atoms with Gasteiger partial charge in [0.15, 0.2) is 0 Å². The van der Waals surface area contributed by atoms with Gasteiger partial charge in [-0.1, -0.05) is 12.1 Å². The number of hydrogen-bond donors (Lipinski definition) is 0. The van der Waals surface area contributed by atoms with Crippen molar-refractivity contribution in [2.24, 2.45) is 0 Å². The highest BCUT2D eigenvalue weighted by atomic mass is 16.6. The van der Waals surface area contributed by atoms with Gasteiger partial charge in [0, 0.05) is 56.3 Å². The van der Waals surface area contributed by atoms with E-state index in [1.807, 2.05) is 6.07 Å². The number of hydrogen-bond acceptors (Lipinski definition) is 6. The molecule has 0 bridgehead atoms. The number of benzene rings is 9. The highest BCUT2D eigenvalue weighted by Crippen LogP contribution is 2.47. The summed E-state index contributed by atoms with van der Waals surface area (Å²) in [6.45, 7) is 26.1. The summed E-state index contributed by atoms with van der Waals surface area (Å²) in [6, 6.07) is 41.0. The SMILES string of the molecule is Cc1cc(N(c2cc(C)c(C)c(C)c2)c2ccc3cc4c(cc3c2)oc2c4cc([N+](=O)[O-])c3oc4cc5cc(N(c6cc(C)c(C)c(C)c6)c6cc(C)c(C)c(C)c6)ccc5cc4c32)cc(C)c1C. The second-order valence-corrected chi connectivity index (χ2v) is 19.7. The Balaban J connectivity index is 1.08. The smallest absolute Gasteiger partial charge is 0.313 e. The topological polar surface area (TPSA) is 75.9 Å². The van der Waals surface area contributed by atoms with Crippen molar-refractivity contribution in [3.05, 3.63) is 192 Å². The van der Waals surface area contributed by atoms with Crippen molar-refractivity contribution < 1.29 is 13.8 Å². The molecule has 0 radical (unpaired) electrons. The van der Waals surface area contributed by atoms with Gasteiger partial charge in [-0.2, -0.15) is 0 Å². The largest absolute Gasteiger partial charge is 0.455 e. The van der Waals surface area contributed by atoms with Crippen molar-refractivity contribution >= 4 is 105 Å². The third kappa shape index (κ3) is 7.01. The lowest BCUT2D eigenvalue weighted by atomic mass is 9.99. The van der Waals surface area contributed by atoms with Crippen LogP contribution in [0.1, 0.15) is 66.8 Å². The minimum absolute atomic E-state index is 0.0963. The Morgan fingerprint density at radius 1 is 0.362 bits per heavy atom.